The van der Waals surface area contributed by atoms with Gasteiger partial charge in [-0.25, -0.2) is 9.48 Å². The molecule has 0 unspecified atom stereocenters. The molecule has 0 aliphatic carbocycles. The Balaban J connectivity index is 1.85. The lowest BCUT2D eigenvalue weighted by Crippen LogP contribution is -2.27. The molecule has 0 aromatic carbocycles. The van der Waals surface area contributed by atoms with E-state index in [4.69, 9.17) is 9.52 Å². The predicted molar refractivity (Wildman–Crippen MR) is 65.7 cm³/mol. The third-order valence-electron chi connectivity index (χ3n) is 2.25. The molecule has 0 bridgehead atoms. The van der Waals surface area contributed by atoms with Crippen LogP contribution in [0.15, 0.2) is 27.6 Å². The monoisotopic (exact) mass is 328 g/mol. The highest BCUT2D eigenvalue weighted by Gasteiger charge is 2.12. The quantitative estimate of drug-likeness (QED) is 0.838. The summed E-state index contributed by atoms with van der Waals surface area (Å²) in [5.41, 5.74) is 0.258. The lowest BCUT2D eigenvalue weighted by atomic mass is 10.3. The van der Waals surface area contributed by atoms with Gasteiger partial charge in [0.2, 0.25) is 0 Å². The number of carbonyl (C=O) groups excluding carboxylic acids is 1. The molecule has 0 aliphatic rings. The second-order valence-corrected chi connectivity index (χ2v) is 4.26. The molecule has 9 heteroatoms. The zero-order chi connectivity index (χ0) is 13.8. The molecular weight excluding hydrogens is 320 g/mol. The van der Waals surface area contributed by atoms with Crippen LogP contribution in [0.4, 0.5) is 0 Å². The van der Waals surface area contributed by atoms with Crippen molar-refractivity contribution in [3.05, 3.63) is 34.5 Å². The number of nitrogens with one attached hydrogen (secondary N) is 1. The van der Waals surface area contributed by atoms with Gasteiger partial charge in [0, 0.05) is 6.54 Å². The van der Waals surface area contributed by atoms with E-state index in [1.807, 2.05) is 0 Å². The Labute approximate surface area is 115 Å². The largest absolute Gasteiger partial charge is 0.476 e. The van der Waals surface area contributed by atoms with Crippen molar-refractivity contribution in [3.8, 4) is 0 Å². The van der Waals surface area contributed by atoms with E-state index < -0.39 is 5.97 Å². The summed E-state index contributed by atoms with van der Waals surface area (Å²) in [6, 6.07) is 1.54. The topological polar surface area (TPSA) is 110 Å². The summed E-state index contributed by atoms with van der Waals surface area (Å²) in [4.78, 5) is 22.3. The number of rotatable bonds is 5. The summed E-state index contributed by atoms with van der Waals surface area (Å²) in [6.45, 7) is 0.611. The number of hydrogen-bond acceptors (Lipinski definition) is 5. The van der Waals surface area contributed by atoms with Crippen molar-refractivity contribution in [2.75, 3.05) is 6.54 Å². The number of hydrogen-bond donors (Lipinski definition) is 2. The van der Waals surface area contributed by atoms with E-state index in [-0.39, 0.29) is 11.6 Å². The highest BCUT2D eigenvalue weighted by molar-refractivity contribution is 9.10. The van der Waals surface area contributed by atoms with Crippen LogP contribution in [0.1, 0.15) is 20.8 Å². The van der Waals surface area contributed by atoms with E-state index in [1.165, 1.54) is 23.2 Å². The third-order valence-corrected chi connectivity index (χ3v) is 2.86. The van der Waals surface area contributed by atoms with Crippen LogP contribution < -0.4 is 5.32 Å². The van der Waals surface area contributed by atoms with Gasteiger partial charge in [-0.05, 0) is 22.0 Å². The molecule has 2 aromatic rings. The average molecular weight is 329 g/mol. The molecule has 0 atom stereocenters. The Bertz CT molecular complexity index is 606. The fourth-order valence-electron chi connectivity index (χ4n) is 1.34. The van der Waals surface area contributed by atoms with Crippen molar-refractivity contribution >= 4 is 27.8 Å². The summed E-state index contributed by atoms with van der Waals surface area (Å²) in [7, 11) is 0. The van der Waals surface area contributed by atoms with E-state index in [0.29, 0.717) is 23.3 Å². The number of carbonyl (C=O) groups is 2. The zero-order valence-corrected chi connectivity index (χ0v) is 11.1. The average Bonchev–Trinajstić information content (AvgIpc) is 2.97. The van der Waals surface area contributed by atoms with Crippen LogP contribution >= 0.6 is 15.9 Å². The molecule has 0 radical (unpaired) electrons. The van der Waals surface area contributed by atoms with Crippen molar-refractivity contribution in [2.24, 2.45) is 0 Å². The van der Waals surface area contributed by atoms with Crippen LogP contribution in [0.2, 0.25) is 0 Å². The number of aromatic carboxylic acids is 1. The van der Waals surface area contributed by atoms with Gasteiger partial charge in [-0.3, -0.25) is 4.79 Å². The zero-order valence-electron chi connectivity index (χ0n) is 9.54. The molecule has 2 rings (SSSR count). The summed E-state index contributed by atoms with van der Waals surface area (Å²) in [6.07, 6.45) is 2.69. The number of nitrogens with zero attached hydrogens (tertiary/aromatic N) is 3. The minimum atomic E-state index is -1.14. The lowest BCUT2D eigenvalue weighted by Gasteiger charge is -2.03. The van der Waals surface area contributed by atoms with Crippen LogP contribution in [0.5, 0.6) is 0 Å². The maximum atomic E-state index is 11.7. The molecular formula is C10H9BrN4O4. The van der Waals surface area contributed by atoms with Gasteiger partial charge >= 0.3 is 5.97 Å². The Morgan fingerprint density at radius 2 is 2.32 bits per heavy atom. The molecule has 2 N–H and O–H groups in total. The summed E-state index contributed by atoms with van der Waals surface area (Å²) >= 11 is 3.10. The van der Waals surface area contributed by atoms with Gasteiger partial charge in [0.25, 0.3) is 5.91 Å². The number of aromatic nitrogens is 3. The number of halogens is 1. The maximum Gasteiger partial charge on any atom is 0.358 e. The molecule has 0 saturated carbocycles. The molecule has 0 aliphatic heterocycles. The van der Waals surface area contributed by atoms with Crippen molar-refractivity contribution < 1.29 is 19.1 Å². The third kappa shape index (κ3) is 3.19. The molecule has 19 heavy (non-hydrogen) atoms. The van der Waals surface area contributed by atoms with Crippen LogP contribution in [0, 0.1) is 0 Å². The molecule has 0 spiro atoms. The second-order valence-electron chi connectivity index (χ2n) is 3.54. The van der Waals surface area contributed by atoms with Gasteiger partial charge in [-0.15, -0.1) is 5.10 Å². The van der Waals surface area contributed by atoms with Gasteiger partial charge in [0.1, 0.15) is 0 Å². The molecule has 0 saturated heterocycles. The molecule has 2 aromatic heterocycles. The number of carboxylic acid groups (broad SMARTS) is 1. The highest BCUT2D eigenvalue weighted by atomic mass is 79.9. The SMILES string of the molecule is O=C(O)c1cn(CCNC(=O)c2ccoc2Br)nn1. The summed E-state index contributed by atoms with van der Waals surface area (Å²) in [5, 5.41) is 18.4. The van der Waals surface area contributed by atoms with Crippen LogP contribution in [-0.2, 0) is 6.54 Å². The van der Waals surface area contributed by atoms with E-state index in [1.54, 1.807) is 0 Å². The second kappa shape index (κ2) is 5.65. The van der Waals surface area contributed by atoms with Gasteiger partial charge < -0.3 is 14.8 Å². The summed E-state index contributed by atoms with van der Waals surface area (Å²) in [5.74, 6) is -1.43. The first-order valence-electron chi connectivity index (χ1n) is 5.22. The van der Waals surface area contributed by atoms with E-state index >= 15 is 0 Å². The summed E-state index contributed by atoms with van der Waals surface area (Å²) < 4.78 is 6.64. The van der Waals surface area contributed by atoms with Crippen LogP contribution in [0.3, 0.4) is 0 Å². The van der Waals surface area contributed by atoms with Crippen molar-refractivity contribution in [1.29, 1.82) is 0 Å². The van der Waals surface area contributed by atoms with E-state index in [9.17, 15) is 9.59 Å². The first kappa shape index (κ1) is 13.3. The molecule has 100 valence electrons. The molecule has 8 nitrogen and oxygen atoms in total. The molecule has 1 amide bonds. The Morgan fingerprint density at radius 3 is 2.89 bits per heavy atom. The first-order chi connectivity index (χ1) is 9.08. The fraction of sp³-hybridized carbons (Fsp3) is 0.200. The van der Waals surface area contributed by atoms with Crippen LogP contribution in [-0.4, -0.2) is 38.5 Å². The van der Waals surface area contributed by atoms with Gasteiger partial charge in [0.15, 0.2) is 10.4 Å². The van der Waals surface area contributed by atoms with Crippen molar-refractivity contribution in [3.63, 3.8) is 0 Å². The highest BCUT2D eigenvalue weighted by Crippen LogP contribution is 2.16. The Hall–Kier alpha value is -2.16. The standard InChI is InChI=1S/C10H9BrN4O4/c11-8-6(1-4-19-8)9(16)12-2-3-15-5-7(10(17)18)13-14-15/h1,4-5H,2-3H2,(H,12,16)(H,17,18). The van der Waals surface area contributed by atoms with Crippen molar-refractivity contribution in [1.82, 2.24) is 20.3 Å². The Morgan fingerprint density at radius 1 is 1.53 bits per heavy atom. The molecule has 2 heterocycles. The molecule has 0 fully saturated rings. The minimum absolute atomic E-state index is 0.135. The first-order valence-corrected chi connectivity index (χ1v) is 6.02. The normalized spacial score (nSPS) is 10.4. The Kier molecular flexibility index (Phi) is 3.95. The maximum absolute atomic E-state index is 11.7. The van der Waals surface area contributed by atoms with E-state index in [2.05, 4.69) is 31.6 Å². The van der Waals surface area contributed by atoms with Gasteiger partial charge in [0.05, 0.1) is 24.6 Å². The van der Waals surface area contributed by atoms with Gasteiger partial charge in [-0.1, -0.05) is 5.21 Å². The minimum Gasteiger partial charge on any atom is -0.476 e. The predicted octanol–water partition coefficient (Wildman–Crippen LogP) is 0.762. The van der Waals surface area contributed by atoms with E-state index in [0.717, 1.165) is 0 Å². The number of amides is 1. The lowest BCUT2D eigenvalue weighted by molar-refractivity contribution is 0.0690. The fourth-order valence-corrected chi connectivity index (χ4v) is 1.76. The number of carboxylic acids is 1. The van der Waals surface area contributed by atoms with Gasteiger partial charge in [-0.2, -0.15) is 0 Å². The van der Waals surface area contributed by atoms with Crippen molar-refractivity contribution in [2.45, 2.75) is 6.54 Å². The smallest absolute Gasteiger partial charge is 0.358 e. The van der Waals surface area contributed by atoms with Crippen LogP contribution in [0.25, 0.3) is 0 Å². The number of furan rings is 1.